The fraction of sp³-hybridized carbons (Fsp3) is 0.308. The number of pyridine rings is 1. The molecule has 0 atom stereocenters. The molecular formula is C13H11N3OS. The molecule has 0 aliphatic heterocycles. The van der Waals surface area contributed by atoms with Gasteiger partial charge in [-0.05, 0) is 49.6 Å². The Kier molecular flexibility index (Phi) is 2.80. The zero-order valence-corrected chi connectivity index (χ0v) is 10.8. The molecule has 2 aromatic heterocycles. The third kappa shape index (κ3) is 2.00. The van der Waals surface area contributed by atoms with Crippen molar-refractivity contribution in [3.63, 3.8) is 0 Å². The van der Waals surface area contributed by atoms with Crippen LogP contribution in [-0.2, 0) is 12.8 Å². The van der Waals surface area contributed by atoms with Gasteiger partial charge >= 0.3 is 0 Å². The minimum absolute atomic E-state index is 0.537. The largest absolute Gasteiger partial charge is 0.439 e. The predicted molar refractivity (Wildman–Crippen MR) is 66.3 cm³/mol. The van der Waals surface area contributed by atoms with E-state index in [1.165, 1.54) is 17.3 Å². The SMILES string of the molecule is Cc1coc(Sc2nc3c(cc2C#N)CCC3)n1. The van der Waals surface area contributed by atoms with Gasteiger partial charge in [0.1, 0.15) is 17.4 Å². The second-order valence-electron chi connectivity index (χ2n) is 4.27. The van der Waals surface area contributed by atoms with Gasteiger partial charge in [0.2, 0.25) is 0 Å². The molecule has 0 fully saturated rings. The Balaban J connectivity index is 1.98. The molecule has 90 valence electrons. The molecule has 3 rings (SSSR count). The zero-order chi connectivity index (χ0) is 12.5. The van der Waals surface area contributed by atoms with E-state index in [-0.39, 0.29) is 0 Å². The van der Waals surface area contributed by atoms with E-state index in [0.29, 0.717) is 15.8 Å². The van der Waals surface area contributed by atoms with Gasteiger partial charge in [0, 0.05) is 5.69 Å². The maximum atomic E-state index is 9.18. The predicted octanol–water partition coefficient (Wildman–Crippen LogP) is 2.89. The van der Waals surface area contributed by atoms with Crippen LogP contribution in [0.5, 0.6) is 0 Å². The van der Waals surface area contributed by atoms with Gasteiger partial charge in [-0.3, -0.25) is 0 Å². The molecule has 0 N–H and O–H groups in total. The summed E-state index contributed by atoms with van der Waals surface area (Å²) in [5.74, 6) is 0. The second kappa shape index (κ2) is 4.46. The molecule has 5 heteroatoms. The van der Waals surface area contributed by atoms with E-state index in [2.05, 4.69) is 16.0 Å². The van der Waals surface area contributed by atoms with Crippen LogP contribution in [0.25, 0.3) is 0 Å². The standard InChI is InChI=1S/C13H11N3OS/c1-8-7-17-13(15-8)18-12-10(6-14)5-9-3-2-4-11(9)16-12/h5,7H,2-4H2,1H3. The highest BCUT2D eigenvalue weighted by Crippen LogP contribution is 2.31. The molecule has 0 amide bonds. The minimum Gasteiger partial charge on any atom is -0.439 e. The monoisotopic (exact) mass is 257 g/mol. The Labute approximate surface area is 109 Å². The Morgan fingerprint density at radius 3 is 3.00 bits per heavy atom. The first kappa shape index (κ1) is 11.3. The van der Waals surface area contributed by atoms with Gasteiger partial charge in [-0.1, -0.05) is 0 Å². The molecule has 0 saturated carbocycles. The van der Waals surface area contributed by atoms with Crippen molar-refractivity contribution < 1.29 is 4.42 Å². The van der Waals surface area contributed by atoms with E-state index in [0.717, 1.165) is 30.7 Å². The van der Waals surface area contributed by atoms with Gasteiger partial charge < -0.3 is 4.42 Å². The first-order valence-corrected chi connectivity index (χ1v) is 6.61. The summed E-state index contributed by atoms with van der Waals surface area (Å²) in [7, 11) is 0. The van der Waals surface area contributed by atoms with Crippen LogP contribution < -0.4 is 0 Å². The van der Waals surface area contributed by atoms with Crippen LogP contribution in [0.1, 0.15) is 28.9 Å². The average molecular weight is 257 g/mol. The number of nitrogens with zero attached hydrogens (tertiary/aromatic N) is 3. The molecular weight excluding hydrogens is 246 g/mol. The van der Waals surface area contributed by atoms with Gasteiger partial charge in [-0.25, -0.2) is 9.97 Å². The Bertz CT molecular complexity index is 642. The molecule has 0 saturated heterocycles. The van der Waals surface area contributed by atoms with Crippen LogP contribution in [-0.4, -0.2) is 9.97 Å². The van der Waals surface area contributed by atoms with Crippen molar-refractivity contribution >= 4 is 11.8 Å². The highest BCUT2D eigenvalue weighted by atomic mass is 32.2. The maximum absolute atomic E-state index is 9.18. The van der Waals surface area contributed by atoms with Gasteiger partial charge in [-0.15, -0.1) is 0 Å². The summed E-state index contributed by atoms with van der Waals surface area (Å²) < 4.78 is 5.29. The summed E-state index contributed by atoms with van der Waals surface area (Å²) >= 11 is 1.31. The lowest BCUT2D eigenvalue weighted by atomic mass is 10.2. The third-order valence-electron chi connectivity index (χ3n) is 2.92. The Hall–Kier alpha value is -1.80. The highest BCUT2D eigenvalue weighted by molar-refractivity contribution is 7.99. The van der Waals surface area contributed by atoms with E-state index in [9.17, 15) is 5.26 Å². The molecule has 4 nitrogen and oxygen atoms in total. The summed E-state index contributed by atoms with van der Waals surface area (Å²) in [4.78, 5) is 8.79. The molecule has 2 aromatic rings. The molecule has 18 heavy (non-hydrogen) atoms. The normalized spacial score (nSPS) is 13.3. The van der Waals surface area contributed by atoms with Gasteiger partial charge in [0.15, 0.2) is 0 Å². The van der Waals surface area contributed by atoms with Gasteiger partial charge in [0.05, 0.1) is 11.3 Å². The van der Waals surface area contributed by atoms with Crippen LogP contribution in [0.2, 0.25) is 0 Å². The number of hydrogen-bond acceptors (Lipinski definition) is 5. The van der Waals surface area contributed by atoms with E-state index in [4.69, 9.17) is 4.42 Å². The minimum atomic E-state index is 0.537. The van der Waals surface area contributed by atoms with Crippen molar-refractivity contribution in [1.82, 2.24) is 9.97 Å². The van der Waals surface area contributed by atoms with Crippen molar-refractivity contribution in [2.45, 2.75) is 36.4 Å². The molecule has 0 radical (unpaired) electrons. The summed E-state index contributed by atoms with van der Waals surface area (Å²) in [6, 6.07) is 4.15. The van der Waals surface area contributed by atoms with Crippen LogP contribution >= 0.6 is 11.8 Å². The van der Waals surface area contributed by atoms with Crippen molar-refractivity contribution in [2.75, 3.05) is 0 Å². The van der Waals surface area contributed by atoms with Crippen molar-refractivity contribution in [3.05, 3.63) is 34.8 Å². The first-order valence-electron chi connectivity index (χ1n) is 5.79. The lowest BCUT2D eigenvalue weighted by molar-refractivity contribution is 0.453. The number of hydrogen-bond donors (Lipinski definition) is 0. The van der Waals surface area contributed by atoms with E-state index in [1.807, 2.05) is 13.0 Å². The molecule has 0 spiro atoms. The number of fused-ring (bicyclic) bond motifs is 1. The van der Waals surface area contributed by atoms with Crippen LogP contribution in [0.15, 0.2) is 27.0 Å². The summed E-state index contributed by atoms with van der Waals surface area (Å²) in [6.07, 6.45) is 4.75. The Morgan fingerprint density at radius 2 is 2.28 bits per heavy atom. The fourth-order valence-corrected chi connectivity index (χ4v) is 2.89. The molecule has 1 aliphatic rings. The number of aryl methyl sites for hydroxylation is 3. The van der Waals surface area contributed by atoms with Gasteiger partial charge in [-0.2, -0.15) is 5.26 Å². The quantitative estimate of drug-likeness (QED) is 0.827. The smallest absolute Gasteiger partial charge is 0.262 e. The summed E-state index contributed by atoms with van der Waals surface area (Å²) in [5, 5.41) is 10.4. The van der Waals surface area contributed by atoms with Crippen LogP contribution in [0.4, 0.5) is 0 Å². The van der Waals surface area contributed by atoms with Crippen molar-refractivity contribution in [2.24, 2.45) is 0 Å². The first-order chi connectivity index (χ1) is 8.76. The highest BCUT2D eigenvalue weighted by Gasteiger charge is 2.18. The Morgan fingerprint density at radius 1 is 1.39 bits per heavy atom. The molecule has 2 heterocycles. The third-order valence-corrected chi connectivity index (χ3v) is 3.78. The molecule has 0 bridgehead atoms. The van der Waals surface area contributed by atoms with Crippen LogP contribution in [0, 0.1) is 18.3 Å². The summed E-state index contributed by atoms with van der Waals surface area (Å²) in [6.45, 7) is 1.87. The number of rotatable bonds is 2. The van der Waals surface area contributed by atoms with E-state index >= 15 is 0 Å². The number of oxazole rings is 1. The zero-order valence-electron chi connectivity index (χ0n) is 9.93. The number of nitriles is 1. The lowest BCUT2D eigenvalue weighted by Gasteiger charge is -2.04. The molecule has 0 aromatic carbocycles. The average Bonchev–Trinajstić information content (AvgIpc) is 2.97. The summed E-state index contributed by atoms with van der Waals surface area (Å²) in [5.41, 5.74) is 3.76. The molecule has 1 aliphatic carbocycles. The molecule has 0 unspecified atom stereocenters. The van der Waals surface area contributed by atoms with E-state index in [1.54, 1.807) is 6.26 Å². The number of aromatic nitrogens is 2. The second-order valence-corrected chi connectivity index (χ2v) is 5.21. The van der Waals surface area contributed by atoms with Gasteiger partial charge in [0.25, 0.3) is 5.22 Å². The van der Waals surface area contributed by atoms with Crippen LogP contribution in [0.3, 0.4) is 0 Å². The van der Waals surface area contributed by atoms with Crippen molar-refractivity contribution in [3.8, 4) is 6.07 Å². The van der Waals surface area contributed by atoms with E-state index < -0.39 is 0 Å². The lowest BCUT2D eigenvalue weighted by Crippen LogP contribution is -1.94. The topological polar surface area (TPSA) is 62.7 Å². The maximum Gasteiger partial charge on any atom is 0.262 e. The fourth-order valence-electron chi connectivity index (χ4n) is 2.07. The van der Waals surface area contributed by atoms with Crippen molar-refractivity contribution in [1.29, 1.82) is 5.26 Å².